The highest BCUT2D eigenvalue weighted by molar-refractivity contribution is 5.19. The maximum Gasteiger partial charge on any atom is 0.134 e. The van der Waals surface area contributed by atoms with E-state index in [1.807, 2.05) is 11.9 Å². The van der Waals surface area contributed by atoms with E-state index in [1.165, 1.54) is 7.05 Å². The van der Waals surface area contributed by atoms with Crippen LogP contribution in [0, 0.1) is 4.91 Å². The molecule has 4 nitrogen and oxygen atoms in total. The molecule has 0 saturated carbocycles. The molecule has 1 saturated heterocycles. The molecule has 1 heterocycles. The van der Waals surface area contributed by atoms with Gasteiger partial charge in [0.1, 0.15) is 12.4 Å². The van der Waals surface area contributed by atoms with Crippen LogP contribution in [0.4, 0.5) is 0 Å². The quantitative estimate of drug-likeness (QED) is 0.515. The Balaban J connectivity index is 0.000000354. The first kappa shape index (κ1) is 10.7. The minimum atomic E-state index is 0.698. The first-order valence-electron chi connectivity index (χ1n) is 3.57. The van der Waals surface area contributed by atoms with Crippen molar-refractivity contribution in [2.75, 3.05) is 27.2 Å². The summed E-state index contributed by atoms with van der Waals surface area (Å²) in [7, 11) is 3.18. The predicted molar refractivity (Wildman–Crippen MR) is 48.6 cm³/mol. The lowest BCUT2D eigenvalue weighted by atomic mass is 10.3. The van der Waals surface area contributed by atoms with Crippen molar-refractivity contribution in [1.82, 2.24) is 4.90 Å². The summed E-state index contributed by atoms with van der Waals surface area (Å²) in [6, 6.07) is 0. The molecule has 68 valence electrons. The Hall–Kier alpha value is -1.32. The molecular weight excluding hydrogens is 156 g/mol. The van der Waals surface area contributed by atoms with Crippen LogP contribution >= 0.6 is 0 Å². The molecule has 12 heavy (non-hydrogen) atoms. The number of rotatable bonds is 0. The Kier molecular flexibility index (Phi) is 4.76. The van der Waals surface area contributed by atoms with Gasteiger partial charge in [0.15, 0.2) is 0 Å². The first-order chi connectivity index (χ1) is 5.63. The molecule has 4 heteroatoms. The van der Waals surface area contributed by atoms with Crippen LogP contribution in [0.3, 0.4) is 0 Å². The summed E-state index contributed by atoms with van der Waals surface area (Å²) in [5, 5.41) is 2.25. The van der Waals surface area contributed by atoms with Gasteiger partial charge in [-0.3, -0.25) is 0 Å². The average molecular weight is 170 g/mol. The molecule has 1 aliphatic rings. The number of nitrogens with zero attached hydrogens (tertiary/aromatic N) is 2. The number of morpholine rings is 1. The van der Waals surface area contributed by atoms with Crippen molar-refractivity contribution < 1.29 is 4.74 Å². The molecule has 0 aromatic rings. The van der Waals surface area contributed by atoms with Gasteiger partial charge < -0.3 is 9.64 Å². The van der Waals surface area contributed by atoms with Crippen LogP contribution in [0.5, 0.6) is 0 Å². The van der Waals surface area contributed by atoms with Crippen molar-refractivity contribution in [3.05, 3.63) is 29.5 Å². The van der Waals surface area contributed by atoms with Crippen molar-refractivity contribution in [3.63, 3.8) is 0 Å². The summed E-state index contributed by atoms with van der Waals surface area (Å²) >= 11 is 0. The van der Waals surface area contributed by atoms with E-state index in [2.05, 4.69) is 18.3 Å². The van der Waals surface area contributed by atoms with Gasteiger partial charge in [-0.1, -0.05) is 18.3 Å². The second-order valence-corrected chi connectivity index (χ2v) is 2.32. The average Bonchev–Trinajstić information content (AvgIpc) is 2.02. The van der Waals surface area contributed by atoms with Gasteiger partial charge in [-0.15, -0.1) is 0 Å². The van der Waals surface area contributed by atoms with Gasteiger partial charge in [-0.2, -0.15) is 4.91 Å². The van der Waals surface area contributed by atoms with Crippen LogP contribution in [0.15, 0.2) is 29.8 Å². The van der Waals surface area contributed by atoms with Crippen LogP contribution in [-0.2, 0) is 4.74 Å². The molecule has 0 unspecified atom stereocenters. The first-order valence-corrected chi connectivity index (χ1v) is 3.57. The Morgan fingerprint density at radius 1 is 1.58 bits per heavy atom. The lowest BCUT2D eigenvalue weighted by Gasteiger charge is -2.28. The number of likely N-dealkylation sites (N-methyl/N-ethyl adjacent to an activating group) is 1. The second-order valence-electron chi connectivity index (χ2n) is 2.32. The fourth-order valence-electron chi connectivity index (χ4n) is 0.737. The highest BCUT2D eigenvalue weighted by atomic mass is 16.5. The van der Waals surface area contributed by atoms with Crippen molar-refractivity contribution in [2.24, 2.45) is 5.18 Å². The van der Waals surface area contributed by atoms with Gasteiger partial charge in [-0.05, 0) is 0 Å². The van der Waals surface area contributed by atoms with E-state index in [0.717, 1.165) is 18.8 Å². The van der Waals surface area contributed by atoms with Gasteiger partial charge in [-0.25, -0.2) is 0 Å². The topological polar surface area (TPSA) is 41.9 Å². The molecule has 1 rings (SSSR count). The van der Waals surface area contributed by atoms with E-state index in [1.54, 1.807) is 0 Å². The Bertz CT molecular complexity index is 189. The molecule has 0 aromatic heterocycles. The summed E-state index contributed by atoms with van der Waals surface area (Å²) in [4.78, 5) is 10.6. The molecule has 1 fully saturated rings. The van der Waals surface area contributed by atoms with Gasteiger partial charge >= 0.3 is 0 Å². The zero-order valence-corrected chi connectivity index (χ0v) is 7.54. The largest absolute Gasteiger partial charge is 0.490 e. The summed E-state index contributed by atoms with van der Waals surface area (Å²) in [6.45, 7) is 9.10. The fourth-order valence-corrected chi connectivity index (χ4v) is 0.737. The highest BCUT2D eigenvalue weighted by Crippen LogP contribution is 2.14. The third kappa shape index (κ3) is 3.18. The second kappa shape index (κ2) is 5.35. The highest BCUT2D eigenvalue weighted by Gasteiger charge is 2.12. The zero-order valence-electron chi connectivity index (χ0n) is 7.54. The zero-order chi connectivity index (χ0) is 9.56. The van der Waals surface area contributed by atoms with Crippen LogP contribution in [0.1, 0.15) is 0 Å². The van der Waals surface area contributed by atoms with E-state index in [0.29, 0.717) is 5.76 Å². The van der Waals surface area contributed by atoms with Crippen LogP contribution in [-0.4, -0.2) is 32.1 Å². The Morgan fingerprint density at radius 3 is 2.42 bits per heavy atom. The van der Waals surface area contributed by atoms with Crippen LogP contribution < -0.4 is 0 Å². The maximum atomic E-state index is 8.56. The minimum Gasteiger partial charge on any atom is -0.490 e. The molecular formula is C8H14N2O2. The minimum absolute atomic E-state index is 0.698. The van der Waals surface area contributed by atoms with Crippen molar-refractivity contribution in [2.45, 2.75) is 0 Å². The summed E-state index contributed by atoms with van der Waals surface area (Å²) in [6.07, 6.45) is 0. The van der Waals surface area contributed by atoms with Crippen LogP contribution in [0.2, 0.25) is 0 Å². The summed E-state index contributed by atoms with van der Waals surface area (Å²) in [5.74, 6) is 0.698. The molecule has 0 bridgehead atoms. The SMILES string of the molecule is C=C1OCCN(C)C1=C.CN=O. The van der Waals surface area contributed by atoms with Gasteiger partial charge in [0, 0.05) is 7.05 Å². The monoisotopic (exact) mass is 170 g/mol. The standard InChI is InChI=1S/C7H11NO.CH3NO/c1-6-7(2)9-5-4-8(6)3;1-2-3/h1-2,4-5H2,3H3;1H3. The van der Waals surface area contributed by atoms with Gasteiger partial charge in [0.05, 0.1) is 19.3 Å². The Morgan fingerprint density at radius 2 is 2.08 bits per heavy atom. The molecule has 1 aliphatic heterocycles. The molecule has 0 aliphatic carbocycles. The lowest BCUT2D eigenvalue weighted by molar-refractivity contribution is 0.144. The van der Waals surface area contributed by atoms with E-state index in [9.17, 15) is 0 Å². The number of ether oxygens (including phenoxy) is 1. The van der Waals surface area contributed by atoms with Crippen molar-refractivity contribution in [3.8, 4) is 0 Å². The normalized spacial score (nSPS) is 16.0. The predicted octanol–water partition coefficient (Wildman–Crippen LogP) is 1.36. The molecule has 0 aromatic carbocycles. The fraction of sp³-hybridized carbons (Fsp3) is 0.500. The number of nitroso groups, excluding NO2 is 1. The smallest absolute Gasteiger partial charge is 0.134 e. The number of hydrogen-bond acceptors (Lipinski definition) is 4. The van der Waals surface area contributed by atoms with E-state index in [4.69, 9.17) is 9.64 Å². The van der Waals surface area contributed by atoms with E-state index < -0.39 is 0 Å². The van der Waals surface area contributed by atoms with Crippen LogP contribution in [0.25, 0.3) is 0 Å². The summed E-state index contributed by atoms with van der Waals surface area (Å²) < 4.78 is 5.12. The lowest BCUT2D eigenvalue weighted by Crippen LogP contribution is -2.28. The molecule has 0 radical (unpaired) electrons. The van der Waals surface area contributed by atoms with Gasteiger partial charge in [0.2, 0.25) is 0 Å². The third-order valence-electron chi connectivity index (χ3n) is 1.49. The molecule has 0 amide bonds. The van der Waals surface area contributed by atoms with Crippen molar-refractivity contribution >= 4 is 0 Å². The Labute approximate surface area is 72.5 Å². The maximum absolute atomic E-state index is 8.56. The van der Waals surface area contributed by atoms with Gasteiger partial charge in [0.25, 0.3) is 0 Å². The third-order valence-corrected chi connectivity index (χ3v) is 1.49. The molecule has 0 atom stereocenters. The molecule has 0 spiro atoms. The van der Waals surface area contributed by atoms with Crippen molar-refractivity contribution in [1.29, 1.82) is 0 Å². The van der Waals surface area contributed by atoms with E-state index >= 15 is 0 Å². The molecule has 0 N–H and O–H groups in total. The van der Waals surface area contributed by atoms with E-state index in [-0.39, 0.29) is 0 Å². The number of hydrogen-bond donors (Lipinski definition) is 0. The summed E-state index contributed by atoms with van der Waals surface area (Å²) in [5.41, 5.74) is 0.890.